The Labute approximate surface area is 159 Å². The third-order valence-electron chi connectivity index (χ3n) is 6.15. The molecule has 2 saturated heterocycles. The van der Waals surface area contributed by atoms with E-state index in [-0.39, 0.29) is 23.5 Å². The zero-order chi connectivity index (χ0) is 18.8. The van der Waals surface area contributed by atoms with Crippen LogP contribution in [0, 0.1) is 11.7 Å². The molecule has 1 saturated carbocycles. The minimum absolute atomic E-state index is 0.00583. The van der Waals surface area contributed by atoms with Crippen molar-refractivity contribution in [1.29, 1.82) is 0 Å². The Morgan fingerprint density at radius 3 is 2.67 bits per heavy atom. The van der Waals surface area contributed by atoms with E-state index >= 15 is 0 Å². The topological polar surface area (TPSA) is 49.9 Å². The number of hydrogen-bond acceptors (Lipinski definition) is 3. The van der Waals surface area contributed by atoms with Crippen LogP contribution in [0.2, 0.25) is 0 Å². The number of amides is 2. The highest BCUT2D eigenvalue weighted by Gasteiger charge is 2.40. The zero-order valence-electron chi connectivity index (χ0n) is 15.6. The molecule has 6 heteroatoms. The maximum absolute atomic E-state index is 14.1. The van der Waals surface area contributed by atoms with Crippen molar-refractivity contribution < 1.29 is 18.7 Å². The number of carbonyl (C=O) groups is 2. The molecule has 3 aliphatic rings. The second kappa shape index (κ2) is 7.97. The van der Waals surface area contributed by atoms with Crippen LogP contribution in [0.3, 0.4) is 0 Å². The molecule has 2 amide bonds. The number of carbonyl (C=O) groups excluding carboxylic acids is 2. The van der Waals surface area contributed by atoms with E-state index in [1.54, 1.807) is 23.1 Å². The molecule has 0 radical (unpaired) electrons. The molecule has 0 aromatic heterocycles. The first-order valence-corrected chi connectivity index (χ1v) is 10.1. The maximum Gasteiger partial charge on any atom is 0.228 e. The molecule has 5 nitrogen and oxygen atoms in total. The lowest BCUT2D eigenvalue weighted by molar-refractivity contribution is -0.143. The molecule has 146 valence electrons. The molecule has 2 aliphatic heterocycles. The van der Waals surface area contributed by atoms with E-state index < -0.39 is 6.10 Å². The number of ether oxygens (including phenoxy) is 1. The summed E-state index contributed by atoms with van der Waals surface area (Å²) >= 11 is 0. The average Bonchev–Trinajstić information content (AvgIpc) is 3.10. The summed E-state index contributed by atoms with van der Waals surface area (Å²) in [6.07, 6.45) is 5.54. The molecule has 2 heterocycles. The van der Waals surface area contributed by atoms with Crippen molar-refractivity contribution in [2.75, 3.05) is 26.2 Å². The van der Waals surface area contributed by atoms with Crippen molar-refractivity contribution in [3.63, 3.8) is 0 Å². The van der Waals surface area contributed by atoms with Crippen LogP contribution in [0.4, 0.5) is 4.39 Å². The van der Waals surface area contributed by atoms with Gasteiger partial charge in [-0.2, -0.15) is 0 Å². The van der Waals surface area contributed by atoms with Gasteiger partial charge < -0.3 is 14.5 Å². The van der Waals surface area contributed by atoms with Gasteiger partial charge in [-0.1, -0.05) is 37.5 Å². The minimum Gasteiger partial charge on any atom is -0.370 e. The average molecular weight is 374 g/mol. The molecular weight excluding hydrogens is 347 g/mol. The maximum atomic E-state index is 14.1. The molecule has 2 atom stereocenters. The van der Waals surface area contributed by atoms with Gasteiger partial charge in [0, 0.05) is 31.1 Å². The smallest absolute Gasteiger partial charge is 0.228 e. The summed E-state index contributed by atoms with van der Waals surface area (Å²) < 4.78 is 19.8. The Kier molecular flexibility index (Phi) is 5.43. The first-order valence-electron chi connectivity index (χ1n) is 10.1. The Bertz CT molecular complexity index is 704. The standard InChI is InChI=1S/C21H27FN2O3/c22-18-9-5-4-8-17(18)19-14-23(10-11-27-19)21(26)15-12-20(25)24(13-15)16-6-2-1-3-7-16/h4-5,8-9,15-16,19H,1-3,6-7,10-14H2. The third kappa shape index (κ3) is 3.86. The van der Waals surface area contributed by atoms with E-state index in [1.807, 2.05) is 4.90 Å². The van der Waals surface area contributed by atoms with Gasteiger partial charge in [0.05, 0.1) is 19.1 Å². The minimum atomic E-state index is -0.449. The summed E-state index contributed by atoms with van der Waals surface area (Å²) in [6, 6.07) is 6.85. The van der Waals surface area contributed by atoms with E-state index in [9.17, 15) is 14.0 Å². The number of benzene rings is 1. The zero-order valence-corrected chi connectivity index (χ0v) is 15.6. The highest BCUT2D eigenvalue weighted by molar-refractivity contribution is 5.89. The third-order valence-corrected chi connectivity index (χ3v) is 6.15. The van der Waals surface area contributed by atoms with E-state index in [0.717, 1.165) is 12.8 Å². The lowest BCUT2D eigenvalue weighted by Gasteiger charge is -2.35. The number of likely N-dealkylation sites (tertiary alicyclic amines) is 1. The SMILES string of the molecule is O=C(C1CC(=O)N(C2CCCCC2)C1)N1CCOC(c2ccccc2F)C1. The van der Waals surface area contributed by atoms with Crippen LogP contribution in [-0.4, -0.2) is 53.9 Å². The van der Waals surface area contributed by atoms with Crippen LogP contribution in [0.15, 0.2) is 24.3 Å². The first kappa shape index (κ1) is 18.4. The summed E-state index contributed by atoms with van der Waals surface area (Å²) in [5, 5.41) is 0. The van der Waals surface area contributed by atoms with E-state index in [0.29, 0.717) is 44.3 Å². The van der Waals surface area contributed by atoms with E-state index in [2.05, 4.69) is 0 Å². The Balaban J connectivity index is 1.40. The summed E-state index contributed by atoms with van der Waals surface area (Å²) in [5.74, 6) is -0.472. The Hall–Kier alpha value is -1.95. The molecule has 0 N–H and O–H groups in total. The second-order valence-electron chi connectivity index (χ2n) is 7.90. The summed E-state index contributed by atoms with van der Waals surface area (Å²) in [5.41, 5.74) is 0.487. The van der Waals surface area contributed by atoms with Crippen molar-refractivity contribution in [1.82, 2.24) is 9.80 Å². The molecule has 1 aliphatic carbocycles. The Morgan fingerprint density at radius 2 is 1.89 bits per heavy atom. The van der Waals surface area contributed by atoms with Gasteiger partial charge >= 0.3 is 0 Å². The largest absolute Gasteiger partial charge is 0.370 e. The van der Waals surface area contributed by atoms with Crippen LogP contribution in [0.5, 0.6) is 0 Å². The number of hydrogen-bond donors (Lipinski definition) is 0. The van der Waals surface area contributed by atoms with Gasteiger partial charge in [0.1, 0.15) is 11.9 Å². The normalized spacial score (nSPS) is 27.2. The molecule has 0 spiro atoms. The van der Waals surface area contributed by atoms with Gasteiger partial charge in [-0.3, -0.25) is 9.59 Å². The lowest BCUT2D eigenvalue weighted by atomic mass is 9.94. The molecular formula is C21H27FN2O3. The highest BCUT2D eigenvalue weighted by atomic mass is 19.1. The van der Waals surface area contributed by atoms with Gasteiger partial charge in [-0.05, 0) is 18.9 Å². The van der Waals surface area contributed by atoms with Crippen molar-refractivity contribution in [3.8, 4) is 0 Å². The number of rotatable bonds is 3. The fourth-order valence-electron chi connectivity index (χ4n) is 4.67. The summed E-state index contributed by atoms with van der Waals surface area (Å²) in [6.45, 7) is 1.76. The summed E-state index contributed by atoms with van der Waals surface area (Å²) in [7, 11) is 0. The molecule has 27 heavy (non-hydrogen) atoms. The van der Waals surface area contributed by atoms with Crippen molar-refractivity contribution in [2.45, 2.75) is 50.7 Å². The van der Waals surface area contributed by atoms with Crippen LogP contribution < -0.4 is 0 Å². The van der Waals surface area contributed by atoms with Crippen molar-refractivity contribution in [2.24, 2.45) is 5.92 Å². The predicted octanol–water partition coefficient (Wildman–Crippen LogP) is 2.91. The number of halogens is 1. The Morgan fingerprint density at radius 1 is 1.11 bits per heavy atom. The fourth-order valence-corrected chi connectivity index (χ4v) is 4.67. The van der Waals surface area contributed by atoms with Crippen LogP contribution in [0.1, 0.15) is 50.2 Å². The first-order chi connectivity index (χ1) is 13.1. The van der Waals surface area contributed by atoms with Crippen LogP contribution >= 0.6 is 0 Å². The van der Waals surface area contributed by atoms with Crippen LogP contribution in [0.25, 0.3) is 0 Å². The van der Waals surface area contributed by atoms with E-state index in [4.69, 9.17) is 4.74 Å². The molecule has 2 unspecified atom stereocenters. The molecule has 4 rings (SSSR count). The summed E-state index contributed by atoms with van der Waals surface area (Å²) in [4.78, 5) is 29.2. The highest BCUT2D eigenvalue weighted by Crippen LogP contribution is 2.31. The van der Waals surface area contributed by atoms with Gasteiger partial charge in [0.2, 0.25) is 11.8 Å². The van der Waals surface area contributed by atoms with Crippen molar-refractivity contribution in [3.05, 3.63) is 35.6 Å². The lowest BCUT2D eigenvalue weighted by Crippen LogP contribution is -2.46. The van der Waals surface area contributed by atoms with Crippen molar-refractivity contribution >= 4 is 11.8 Å². The number of morpholine rings is 1. The van der Waals surface area contributed by atoms with Gasteiger partial charge in [-0.15, -0.1) is 0 Å². The van der Waals surface area contributed by atoms with Gasteiger partial charge in [0.15, 0.2) is 0 Å². The molecule has 1 aromatic rings. The quantitative estimate of drug-likeness (QED) is 0.817. The van der Waals surface area contributed by atoms with Crippen LogP contribution in [-0.2, 0) is 14.3 Å². The molecule has 0 bridgehead atoms. The molecule has 1 aromatic carbocycles. The van der Waals surface area contributed by atoms with Gasteiger partial charge in [0.25, 0.3) is 0 Å². The monoisotopic (exact) mass is 374 g/mol. The number of nitrogens with zero attached hydrogens (tertiary/aromatic N) is 2. The molecule has 3 fully saturated rings. The second-order valence-corrected chi connectivity index (χ2v) is 7.90. The fraction of sp³-hybridized carbons (Fsp3) is 0.619. The van der Waals surface area contributed by atoms with Gasteiger partial charge in [-0.25, -0.2) is 4.39 Å². The predicted molar refractivity (Wildman–Crippen MR) is 98.4 cm³/mol. The van der Waals surface area contributed by atoms with E-state index in [1.165, 1.54) is 25.3 Å².